The molecule has 0 saturated carbocycles. The first-order valence-electron chi connectivity index (χ1n) is 5.78. The average molecular weight is 312 g/mol. The average Bonchev–Trinajstić information content (AvgIpc) is 2.39. The number of rotatable bonds is 2. The van der Waals surface area contributed by atoms with E-state index in [1.807, 2.05) is 0 Å². The number of benzene rings is 1. The lowest BCUT2D eigenvalue weighted by Crippen LogP contribution is -2.54. The van der Waals surface area contributed by atoms with Crippen molar-refractivity contribution >= 4 is 41.1 Å². The fourth-order valence-corrected chi connectivity index (χ4v) is 1.95. The molecule has 0 bridgehead atoms. The van der Waals surface area contributed by atoms with Gasteiger partial charge in [-0.15, -0.1) is 0 Å². The maximum atomic E-state index is 12.0. The topological polar surface area (TPSA) is 116 Å². The molecule has 8 nitrogen and oxygen atoms in total. The Labute approximate surface area is 123 Å². The van der Waals surface area contributed by atoms with E-state index in [1.165, 1.54) is 18.2 Å². The molecule has 0 spiro atoms. The van der Waals surface area contributed by atoms with Gasteiger partial charge in [0.1, 0.15) is 13.1 Å². The molecule has 1 fully saturated rings. The van der Waals surface area contributed by atoms with Crippen LogP contribution < -0.4 is 10.6 Å². The summed E-state index contributed by atoms with van der Waals surface area (Å²) in [7, 11) is 0. The lowest BCUT2D eigenvalue weighted by Gasteiger charge is -2.25. The zero-order valence-electron chi connectivity index (χ0n) is 10.6. The quantitative estimate of drug-likeness (QED) is 0.689. The third-order valence-electron chi connectivity index (χ3n) is 2.69. The maximum Gasteiger partial charge on any atom is 0.337 e. The predicted molar refractivity (Wildman–Crippen MR) is 72.2 cm³/mol. The van der Waals surface area contributed by atoms with E-state index >= 15 is 0 Å². The molecule has 0 aromatic heterocycles. The minimum atomic E-state index is -1.26. The van der Waals surface area contributed by atoms with Gasteiger partial charge >= 0.3 is 12.0 Å². The highest BCUT2D eigenvalue weighted by molar-refractivity contribution is 6.31. The molecule has 0 unspecified atom stereocenters. The Kier molecular flexibility index (Phi) is 4.08. The van der Waals surface area contributed by atoms with Crippen LogP contribution in [0.5, 0.6) is 0 Å². The van der Waals surface area contributed by atoms with Crippen LogP contribution in [-0.2, 0) is 9.59 Å². The first kappa shape index (κ1) is 14.8. The minimum Gasteiger partial charge on any atom is -0.478 e. The van der Waals surface area contributed by atoms with Crippen molar-refractivity contribution in [3.8, 4) is 0 Å². The number of anilines is 1. The van der Waals surface area contributed by atoms with Gasteiger partial charge in [0.25, 0.3) is 0 Å². The van der Waals surface area contributed by atoms with Crippen molar-refractivity contribution in [1.29, 1.82) is 0 Å². The molecule has 0 aliphatic carbocycles. The SMILES string of the molecule is O=C1CN(C(=O)Nc2ccc(Cl)cc2C(=O)O)CC(=O)N1. The van der Waals surface area contributed by atoms with Crippen LogP contribution in [0.1, 0.15) is 10.4 Å². The summed E-state index contributed by atoms with van der Waals surface area (Å²) >= 11 is 5.70. The maximum absolute atomic E-state index is 12.0. The molecule has 1 aromatic rings. The van der Waals surface area contributed by atoms with Gasteiger partial charge in [-0.2, -0.15) is 0 Å². The van der Waals surface area contributed by atoms with Gasteiger partial charge in [-0.3, -0.25) is 14.9 Å². The molecule has 110 valence electrons. The number of hydrogen-bond acceptors (Lipinski definition) is 4. The van der Waals surface area contributed by atoms with Gasteiger partial charge in [-0.25, -0.2) is 9.59 Å². The first-order chi connectivity index (χ1) is 9.86. The van der Waals surface area contributed by atoms with Crippen molar-refractivity contribution < 1.29 is 24.3 Å². The van der Waals surface area contributed by atoms with Crippen LogP contribution in [-0.4, -0.2) is 46.9 Å². The summed E-state index contributed by atoms with van der Waals surface area (Å²) in [4.78, 5) is 46.4. The molecule has 0 atom stereocenters. The summed E-state index contributed by atoms with van der Waals surface area (Å²) in [5, 5.41) is 13.7. The minimum absolute atomic E-state index is 0.0235. The fourth-order valence-electron chi connectivity index (χ4n) is 1.78. The second-order valence-corrected chi connectivity index (χ2v) is 4.69. The van der Waals surface area contributed by atoms with Crippen LogP contribution in [0.4, 0.5) is 10.5 Å². The van der Waals surface area contributed by atoms with Crippen LogP contribution in [0, 0.1) is 0 Å². The summed E-state index contributed by atoms with van der Waals surface area (Å²) in [5.74, 6) is -2.47. The molecular formula is C12H10ClN3O5. The molecule has 4 amide bonds. The van der Waals surface area contributed by atoms with E-state index in [0.29, 0.717) is 0 Å². The van der Waals surface area contributed by atoms with Crippen LogP contribution in [0.2, 0.25) is 5.02 Å². The van der Waals surface area contributed by atoms with Crippen LogP contribution >= 0.6 is 11.6 Å². The molecule has 1 aromatic carbocycles. The normalized spacial score (nSPS) is 14.6. The number of nitrogens with zero attached hydrogens (tertiary/aromatic N) is 1. The predicted octanol–water partition coefficient (Wildman–Crippen LogP) is 0.529. The van der Waals surface area contributed by atoms with Gasteiger partial charge in [-0.05, 0) is 18.2 Å². The van der Waals surface area contributed by atoms with E-state index in [4.69, 9.17) is 16.7 Å². The van der Waals surface area contributed by atoms with E-state index in [-0.39, 0.29) is 29.4 Å². The molecule has 1 heterocycles. The number of imide groups is 1. The van der Waals surface area contributed by atoms with E-state index in [0.717, 1.165) is 4.90 Å². The molecule has 9 heteroatoms. The van der Waals surface area contributed by atoms with Crippen molar-refractivity contribution in [3.63, 3.8) is 0 Å². The summed E-state index contributed by atoms with van der Waals surface area (Å²) in [6.45, 7) is -0.568. The number of carboxylic acid groups (broad SMARTS) is 1. The highest BCUT2D eigenvalue weighted by Gasteiger charge is 2.27. The molecule has 1 aliphatic rings. The van der Waals surface area contributed by atoms with E-state index in [1.54, 1.807) is 0 Å². The number of hydrogen-bond donors (Lipinski definition) is 3. The summed E-state index contributed by atoms with van der Waals surface area (Å²) in [5.41, 5.74) is -0.168. The number of amides is 4. The molecule has 21 heavy (non-hydrogen) atoms. The van der Waals surface area contributed by atoms with Crippen LogP contribution in [0.3, 0.4) is 0 Å². The first-order valence-corrected chi connectivity index (χ1v) is 6.16. The molecular weight excluding hydrogens is 302 g/mol. The Balaban J connectivity index is 2.18. The second-order valence-electron chi connectivity index (χ2n) is 4.25. The van der Waals surface area contributed by atoms with Gasteiger partial charge in [0.15, 0.2) is 0 Å². The van der Waals surface area contributed by atoms with Gasteiger partial charge in [0.2, 0.25) is 11.8 Å². The summed E-state index contributed by atoms with van der Waals surface area (Å²) in [6.07, 6.45) is 0. The number of urea groups is 1. The van der Waals surface area contributed by atoms with E-state index in [9.17, 15) is 19.2 Å². The third-order valence-corrected chi connectivity index (χ3v) is 2.92. The highest BCUT2D eigenvalue weighted by Crippen LogP contribution is 2.21. The lowest BCUT2D eigenvalue weighted by molar-refractivity contribution is -0.134. The van der Waals surface area contributed by atoms with Crippen molar-refractivity contribution in [3.05, 3.63) is 28.8 Å². The van der Waals surface area contributed by atoms with Gasteiger partial charge in [0.05, 0.1) is 11.3 Å². The Morgan fingerprint density at radius 1 is 1.24 bits per heavy atom. The van der Waals surface area contributed by atoms with E-state index < -0.39 is 23.8 Å². The third kappa shape index (κ3) is 3.48. The Hall–Kier alpha value is -2.61. The summed E-state index contributed by atoms with van der Waals surface area (Å²) in [6, 6.07) is 3.18. The zero-order valence-corrected chi connectivity index (χ0v) is 11.3. The fraction of sp³-hybridized carbons (Fsp3) is 0.167. The smallest absolute Gasteiger partial charge is 0.337 e. The van der Waals surface area contributed by atoms with Gasteiger partial charge in [-0.1, -0.05) is 11.6 Å². The zero-order chi connectivity index (χ0) is 15.6. The van der Waals surface area contributed by atoms with Crippen molar-refractivity contribution in [2.75, 3.05) is 18.4 Å². The highest BCUT2D eigenvalue weighted by atomic mass is 35.5. The summed E-state index contributed by atoms with van der Waals surface area (Å²) < 4.78 is 0. The standard InChI is InChI=1S/C12H10ClN3O5/c13-6-1-2-8(7(3-6)11(19)20)14-12(21)16-4-9(17)15-10(18)5-16/h1-3H,4-5H2,(H,14,21)(H,19,20)(H,15,17,18). The number of nitrogens with one attached hydrogen (secondary N) is 2. The van der Waals surface area contributed by atoms with Crippen LogP contribution in [0.15, 0.2) is 18.2 Å². The molecule has 1 aliphatic heterocycles. The van der Waals surface area contributed by atoms with Crippen molar-refractivity contribution in [1.82, 2.24) is 10.2 Å². The largest absolute Gasteiger partial charge is 0.478 e. The number of carbonyl (C=O) groups is 4. The molecule has 3 N–H and O–H groups in total. The number of aromatic carboxylic acids is 1. The molecule has 0 radical (unpaired) electrons. The molecule has 2 rings (SSSR count). The number of piperazine rings is 1. The van der Waals surface area contributed by atoms with Crippen molar-refractivity contribution in [2.45, 2.75) is 0 Å². The monoisotopic (exact) mass is 311 g/mol. The number of carbonyl (C=O) groups excluding carboxylic acids is 3. The number of carboxylic acids is 1. The second kappa shape index (κ2) is 5.80. The van der Waals surface area contributed by atoms with Crippen molar-refractivity contribution in [2.24, 2.45) is 0 Å². The molecule has 1 saturated heterocycles. The lowest BCUT2D eigenvalue weighted by atomic mass is 10.2. The Bertz CT molecular complexity index is 630. The Morgan fingerprint density at radius 2 is 1.86 bits per heavy atom. The van der Waals surface area contributed by atoms with E-state index in [2.05, 4.69) is 10.6 Å². The van der Waals surface area contributed by atoms with Crippen LogP contribution in [0.25, 0.3) is 0 Å². The Morgan fingerprint density at radius 3 is 2.43 bits per heavy atom. The van der Waals surface area contributed by atoms with Gasteiger partial charge in [0, 0.05) is 5.02 Å². The van der Waals surface area contributed by atoms with Gasteiger partial charge < -0.3 is 15.3 Å². The number of halogens is 1.